The van der Waals surface area contributed by atoms with E-state index in [1.807, 2.05) is 18.2 Å². The average Bonchev–Trinajstić information content (AvgIpc) is 2.39. The number of aryl methyl sites for hydroxylation is 1. The number of hydrogen-bond donors (Lipinski definition) is 2. The van der Waals surface area contributed by atoms with E-state index in [2.05, 4.69) is 26.0 Å². The Balaban J connectivity index is 2.22. The summed E-state index contributed by atoms with van der Waals surface area (Å²) in [5, 5.41) is 9.32. The standard InChI is InChI=1S/C16H27NO2/c1-13(2)11-15(17)16(12-18)19-10-6-9-14-7-4-3-5-8-14/h3-5,7-8,13,15-16,18H,6,9-12,17H2,1-2H3. The topological polar surface area (TPSA) is 55.5 Å². The highest BCUT2D eigenvalue weighted by Crippen LogP contribution is 2.10. The molecule has 3 N–H and O–H groups in total. The summed E-state index contributed by atoms with van der Waals surface area (Å²) < 4.78 is 5.70. The SMILES string of the molecule is CC(C)CC(N)C(CO)OCCCc1ccccc1. The van der Waals surface area contributed by atoms with Gasteiger partial charge in [-0.15, -0.1) is 0 Å². The van der Waals surface area contributed by atoms with E-state index in [-0.39, 0.29) is 18.8 Å². The van der Waals surface area contributed by atoms with Crippen LogP contribution in [0.25, 0.3) is 0 Å². The zero-order valence-corrected chi connectivity index (χ0v) is 12.1. The van der Waals surface area contributed by atoms with Crippen LogP contribution in [0.4, 0.5) is 0 Å². The first kappa shape index (κ1) is 16.2. The molecule has 0 amide bonds. The van der Waals surface area contributed by atoms with Gasteiger partial charge >= 0.3 is 0 Å². The molecule has 1 aromatic carbocycles. The van der Waals surface area contributed by atoms with E-state index < -0.39 is 0 Å². The van der Waals surface area contributed by atoms with Gasteiger partial charge in [-0.05, 0) is 30.7 Å². The zero-order valence-electron chi connectivity index (χ0n) is 12.1. The number of aliphatic hydroxyl groups excluding tert-OH is 1. The van der Waals surface area contributed by atoms with Gasteiger partial charge in [-0.1, -0.05) is 44.2 Å². The van der Waals surface area contributed by atoms with E-state index in [9.17, 15) is 5.11 Å². The molecule has 3 heteroatoms. The van der Waals surface area contributed by atoms with Gasteiger partial charge in [0.2, 0.25) is 0 Å². The molecule has 19 heavy (non-hydrogen) atoms. The van der Waals surface area contributed by atoms with Crippen LogP contribution in [0.3, 0.4) is 0 Å². The largest absolute Gasteiger partial charge is 0.394 e. The average molecular weight is 265 g/mol. The molecular formula is C16H27NO2. The van der Waals surface area contributed by atoms with E-state index >= 15 is 0 Å². The van der Waals surface area contributed by atoms with Crippen molar-refractivity contribution >= 4 is 0 Å². The third kappa shape index (κ3) is 6.71. The molecule has 0 aliphatic rings. The van der Waals surface area contributed by atoms with Crippen LogP contribution in [0.5, 0.6) is 0 Å². The predicted octanol–water partition coefficient (Wildman–Crippen LogP) is 2.37. The number of benzene rings is 1. The normalized spacial score (nSPS) is 14.6. The molecule has 0 heterocycles. The van der Waals surface area contributed by atoms with Crippen LogP contribution < -0.4 is 5.73 Å². The second-order valence-electron chi connectivity index (χ2n) is 5.47. The summed E-state index contributed by atoms with van der Waals surface area (Å²) in [5.41, 5.74) is 7.36. The third-order valence-corrected chi connectivity index (χ3v) is 3.19. The van der Waals surface area contributed by atoms with E-state index in [0.717, 1.165) is 19.3 Å². The molecule has 2 atom stereocenters. The Morgan fingerprint density at radius 2 is 1.89 bits per heavy atom. The number of nitrogens with two attached hydrogens (primary N) is 1. The van der Waals surface area contributed by atoms with Gasteiger partial charge in [0.25, 0.3) is 0 Å². The van der Waals surface area contributed by atoms with Gasteiger partial charge < -0.3 is 15.6 Å². The second-order valence-corrected chi connectivity index (χ2v) is 5.47. The summed E-state index contributed by atoms with van der Waals surface area (Å²) in [5.74, 6) is 0.525. The van der Waals surface area contributed by atoms with Crippen molar-refractivity contribution in [3.63, 3.8) is 0 Å². The van der Waals surface area contributed by atoms with Crippen LogP contribution in [0.2, 0.25) is 0 Å². The first-order valence-electron chi connectivity index (χ1n) is 7.15. The Morgan fingerprint density at radius 3 is 2.47 bits per heavy atom. The van der Waals surface area contributed by atoms with Crippen molar-refractivity contribution < 1.29 is 9.84 Å². The molecule has 3 nitrogen and oxygen atoms in total. The fourth-order valence-electron chi connectivity index (χ4n) is 2.16. The fourth-order valence-corrected chi connectivity index (χ4v) is 2.16. The molecule has 0 aliphatic carbocycles. The lowest BCUT2D eigenvalue weighted by molar-refractivity contribution is -0.00676. The summed E-state index contributed by atoms with van der Waals surface area (Å²) >= 11 is 0. The van der Waals surface area contributed by atoms with Gasteiger partial charge in [0, 0.05) is 12.6 Å². The van der Waals surface area contributed by atoms with Crippen molar-refractivity contribution in [2.24, 2.45) is 11.7 Å². The minimum atomic E-state index is -0.238. The molecule has 0 spiro atoms. The van der Waals surface area contributed by atoms with Crippen molar-refractivity contribution in [1.82, 2.24) is 0 Å². The third-order valence-electron chi connectivity index (χ3n) is 3.19. The van der Waals surface area contributed by atoms with Crippen LogP contribution in [-0.2, 0) is 11.2 Å². The number of hydrogen-bond acceptors (Lipinski definition) is 3. The van der Waals surface area contributed by atoms with E-state index in [1.165, 1.54) is 5.56 Å². The van der Waals surface area contributed by atoms with Gasteiger partial charge in [0.1, 0.15) is 0 Å². The molecular weight excluding hydrogens is 238 g/mol. The van der Waals surface area contributed by atoms with Crippen LogP contribution in [0, 0.1) is 5.92 Å². The first-order chi connectivity index (χ1) is 9.13. The lowest BCUT2D eigenvalue weighted by atomic mass is 10.0. The number of rotatable bonds is 9. The number of ether oxygens (including phenoxy) is 1. The Bertz CT molecular complexity index is 327. The summed E-state index contributed by atoms with van der Waals surface area (Å²) in [7, 11) is 0. The van der Waals surface area contributed by atoms with E-state index in [4.69, 9.17) is 10.5 Å². The fraction of sp³-hybridized carbons (Fsp3) is 0.625. The molecule has 0 saturated heterocycles. The van der Waals surface area contributed by atoms with Gasteiger partial charge in [-0.2, -0.15) is 0 Å². The van der Waals surface area contributed by atoms with Crippen molar-refractivity contribution in [3.8, 4) is 0 Å². The van der Waals surface area contributed by atoms with Crippen molar-refractivity contribution in [2.45, 2.75) is 45.3 Å². The molecule has 1 rings (SSSR count). The molecule has 0 fully saturated rings. The Kier molecular flexibility index (Phi) is 7.72. The van der Waals surface area contributed by atoms with Crippen LogP contribution in [0.15, 0.2) is 30.3 Å². The monoisotopic (exact) mass is 265 g/mol. The maximum atomic E-state index is 9.32. The Labute approximate surface area is 116 Å². The van der Waals surface area contributed by atoms with Crippen molar-refractivity contribution in [2.75, 3.05) is 13.2 Å². The molecule has 0 saturated carbocycles. The highest BCUT2D eigenvalue weighted by molar-refractivity contribution is 5.14. The van der Waals surface area contributed by atoms with Crippen LogP contribution >= 0.6 is 0 Å². The van der Waals surface area contributed by atoms with Crippen LogP contribution in [-0.4, -0.2) is 30.5 Å². The molecule has 2 unspecified atom stereocenters. The van der Waals surface area contributed by atoms with Gasteiger partial charge in [0.15, 0.2) is 0 Å². The maximum absolute atomic E-state index is 9.32. The summed E-state index contributed by atoms with van der Waals surface area (Å²) in [6.07, 6.45) is 2.59. The summed E-state index contributed by atoms with van der Waals surface area (Å²) in [4.78, 5) is 0. The van der Waals surface area contributed by atoms with E-state index in [0.29, 0.717) is 12.5 Å². The highest BCUT2D eigenvalue weighted by atomic mass is 16.5. The Hall–Kier alpha value is -0.900. The van der Waals surface area contributed by atoms with Crippen molar-refractivity contribution in [1.29, 1.82) is 0 Å². The minimum Gasteiger partial charge on any atom is -0.394 e. The first-order valence-corrected chi connectivity index (χ1v) is 7.15. The van der Waals surface area contributed by atoms with Gasteiger partial charge in [-0.25, -0.2) is 0 Å². The molecule has 108 valence electrons. The van der Waals surface area contributed by atoms with Crippen LogP contribution in [0.1, 0.15) is 32.3 Å². The summed E-state index contributed by atoms with van der Waals surface area (Å²) in [6, 6.07) is 10.3. The molecule has 0 bridgehead atoms. The van der Waals surface area contributed by atoms with Crippen molar-refractivity contribution in [3.05, 3.63) is 35.9 Å². The van der Waals surface area contributed by atoms with E-state index in [1.54, 1.807) is 0 Å². The lowest BCUT2D eigenvalue weighted by Gasteiger charge is -2.23. The quantitative estimate of drug-likeness (QED) is 0.674. The minimum absolute atomic E-state index is 0.000770. The lowest BCUT2D eigenvalue weighted by Crippen LogP contribution is -2.40. The number of aliphatic hydroxyl groups is 1. The molecule has 0 aromatic heterocycles. The second kappa shape index (κ2) is 9.08. The Morgan fingerprint density at radius 1 is 1.21 bits per heavy atom. The molecule has 0 radical (unpaired) electrons. The zero-order chi connectivity index (χ0) is 14.1. The van der Waals surface area contributed by atoms with Gasteiger partial charge in [-0.3, -0.25) is 0 Å². The predicted molar refractivity (Wildman–Crippen MR) is 79.0 cm³/mol. The molecule has 0 aliphatic heterocycles. The van der Waals surface area contributed by atoms with Gasteiger partial charge in [0.05, 0.1) is 12.7 Å². The smallest absolute Gasteiger partial charge is 0.0956 e. The highest BCUT2D eigenvalue weighted by Gasteiger charge is 2.18. The molecule has 1 aromatic rings. The maximum Gasteiger partial charge on any atom is 0.0956 e. The summed E-state index contributed by atoms with van der Waals surface area (Å²) in [6.45, 7) is 4.90.